The summed E-state index contributed by atoms with van der Waals surface area (Å²) in [6, 6.07) is 20.0. The molecular formula is C21H15BrN2O3S2. The maximum absolute atomic E-state index is 12.7. The van der Waals surface area contributed by atoms with Crippen molar-refractivity contribution in [1.82, 2.24) is 4.98 Å². The quantitative estimate of drug-likeness (QED) is 0.423. The van der Waals surface area contributed by atoms with Crippen LogP contribution in [0.15, 0.2) is 81.5 Å². The number of thiazole rings is 1. The van der Waals surface area contributed by atoms with Crippen molar-refractivity contribution in [3.63, 3.8) is 0 Å². The van der Waals surface area contributed by atoms with Crippen LogP contribution in [0.1, 0.15) is 0 Å². The van der Waals surface area contributed by atoms with Crippen LogP contribution >= 0.6 is 27.3 Å². The highest BCUT2D eigenvalue weighted by Crippen LogP contribution is 2.26. The molecule has 0 atom stereocenters. The molecule has 4 rings (SSSR count). The Labute approximate surface area is 180 Å². The van der Waals surface area contributed by atoms with Crippen molar-refractivity contribution in [2.45, 2.75) is 4.90 Å². The molecule has 0 fully saturated rings. The second-order valence-corrected chi connectivity index (χ2v) is 10.1. The largest absolute Gasteiger partial charge is 0.301 e. The molecule has 3 aromatic carbocycles. The van der Waals surface area contributed by atoms with Crippen molar-refractivity contribution in [2.75, 3.05) is 11.1 Å². The Balaban J connectivity index is 1.48. The molecule has 0 unspecified atom stereocenters. The summed E-state index contributed by atoms with van der Waals surface area (Å²) in [4.78, 5) is 16.8. The third-order valence-corrected chi connectivity index (χ3v) is 7.19. The van der Waals surface area contributed by atoms with Crippen LogP contribution in [0.4, 0.5) is 5.13 Å². The van der Waals surface area contributed by atoms with E-state index in [0.717, 1.165) is 26.5 Å². The zero-order chi connectivity index (χ0) is 20.4. The predicted octanol–water partition coefficient (Wildman–Crippen LogP) is 5.14. The highest BCUT2D eigenvalue weighted by molar-refractivity contribution is 9.10. The number of aromatic nitrogens is 1. The molecule has 0 saturated heterocycles. The summed E-state index contributed by atoms with van der Waals surface area (Å²) in [5.74, 6) is -1.26. The van der Waals surface area contributed by atoms with Gasteiger partial charge in [-0.05, 0) is 35.0 Å². The molecule has 0 spiro atoms. The van der Waals surface area contributed by atoms with Gasteiger partial charge in [0.05, 0.1) is 10.6 Å². The van der Waals surface area contributed by atoms with E-state index in [-0.39, 0.29) is 4.90 Å². The van der Waals surface area contributed by atoms with Crippen molar-refractivity contribution in [3.8, 4) is 11.3 Å². The minimum atomic E-state index is -3.76. The van der Waals surface area contributed by atoms with Crippen molar-refractivity contribution >= 4 is 58.9 Å². The van der Waals surface area contributed by atoms with E-state index in [0.29, 0.717) is 5.13 Å². The van der Waals surface area contributed by atoms with Crippen LogP contribution in [0.5, 0.6) is 0 Å². The van der Waals surface area contributed by atoms with Crippen LogP contribution < -0.4 is 5.32 Å². The summed E-state index contributed by atoms with van der Waals surface area (Å²) < 4.78 is 26.3. The van der Waals surface area contributed by atoms with E-state index in [1.165, 1.54) is 17.4 Å². The maximum atomic E-state index is 12.7. The number of rotatable bonds is 5. The average molecular weight is 487 g/mol. The number of hydrogen-bond acceptors (Lipinski definition) is 5. The van der Waals surface area contributed by atoms with Gasteiger partial charge in [0.25, 0.3) is 0 Å². The molecule has 0 aliphatic rings. The van der Waals surface area contributed by atoms with E-state index in [1.54, 1.807) is 12.1 Å². The van der Waals surface area contributed by atoms with Gasteiger partial charge in [0.2, 0.25) is 5.91 Å². The Bertz CT molecular complexity index is 1300. The fourth-order valence-corrected chi connectivity index (χ4v) is 5.02. The van der Waals surface area contributed by atoms with Crippen LogP contribution in [-0.4, -0.2) is 25.1 Å². The first-order valence-corrected chi connectivity index (χ1v) is 12.0. The van der Waals surface area contributed by atoms with Crippen LogP contribution in [-0.2, 0) is 14.6 Å². The van der Waals surface area contributed by atoms with Crippen molar-refractivity contribution in [2.24, 2.45) is 0 Å². The van der Waals surface area contributed by atoms with Gasteiger partial charge < -0.3 is 5.32 Å². The second-order valence-electron chi connectivity index (χ2n) is 6.36. The molecule has 5 nitrogen and oxygen atoms in total. The number of carbonyl (C=O) groups is 1. The number of anilines is 1. The first-order chi connectivity index (χ1) is 13.9. The smallest absolute Gasteiger partial charge is 0.241 e. The molecular weight excluding hydrogens is 472 g/mol. The summed E-state index contributed by atoms with van der Waals surface area (Å²) in [6.07, 6.45) is 0. The molecule has 0 radical (unpaired) electrons. The Kier molecular flexibility index (Phi) is 5.49. The summed E-state index contributed by atoms with van der Waals surface area (Å²) >= 11 is 4.64. The van der Waals surface area contributed by atoms with Gasteiger partial charge in [0.1, 0.15) is 5.75 Å². The van der Waals surface area contributed by atoms with Gasteiger partial charge in [-0.15, -0.1) is 11.3 Å². The zero-order valence-electron chi connectivity index (χ0n) is 15.0. The second kappa shape index (κ2) is 8.06. The lowest BCUT2D eigenvalue weighted by Crippen LogP contribution is -2.23. The topological polar surface area (TPSA) is 76.1 Å². The van der Waals surface area contributed by atoms with Gasteiger partial charge in [-0.2, -0.15) is 0 Å². The first-order valence-electron chi connectivity index (χ1n) is 8.64. The molecule has 1 aromatic heterocycles. The summed E-state index contributed by atoms with van der Waals surface area (Å²) in [5, 5.41) is 6.52. The Morgan fingerprint density at radius 1 is 1.00 bits per heavy atom. The maximum Gasteiger partial charge on any atom is 0.241 e. The number of sulfone groups is 1. The van der Waals surface area contributed by atoms with Gasteiger partial charge in [-0.25, -0.2) is 13.4 Å². The molecule has 0 bridgehead atoms. The number of nitrogens with one attached hydrogen (secondary N) is 1. The lowest BCUT2D eigenvalue weighted by atomic mass is 10.1. The summed E-state index contributed by atoms with van der Waals surface area (Å²) in [6.45, 7) is 0. The van der Waals surface area contributed by atoms with Crippen molar-refractivity contribution < 1.29 is 13.2 Å². The fraction of sp³-hybridized carbons (Fsp3) is 0.0476. The van der Waals surface area contributed by atoms with Crippen LogP contribution in [0.2, 0.25) is 0 Å². The fourth-order valence-electron chi connectivity index (χ4n) is 2.86. The van der Waals surface area contributed by atoms with E-state index >= 15 is 0 Å². The lowest BCUT2D eigenvalue weighted by molar-refractivity contribution is -0.113. The van der Waals surface area contributed by atoms with Gasteiger partial charge in [-0.1, -0.05) is 58.4 Å². The number of amides is 1. The van der Waals surface area contributed by atoms with E-state index in [4.69, 9.17) is 0 Å². The SMILES string of the molecule is O=C(CS(=O)(=O)c1ccc2ccccc2c1)Nc1nc(-c2ccc(Br)cc2)cs1. The molecule has 4 aromatic rings. The number of hydrogen-bond donors (Lipinski definition) is 1. The summed E-state index contributed by atoms with van der Waals surface area (Å²) in [7, 11) is -3.76. The van der Waals surface area contributed by atoms with E-state index < -0.39 is 21.5 Å². The number of carbonyl (C=O) groups excluding carboxylic acids is 1. The highest BCUT2D eigenvalue weighted by Gasteiger charge is 2.20. The molecule has 0 aliphatic heterocycles. The number of nitrogens with zero attached hydrogens (tertiary/aromatic N) is 1. The van der Waals surface area contributed by atoms with Gasteiger partial charge in [0, 0.05) is 15.4 Å². The lowest BCUT2D eigenvalue weighted by Gasteiger charge is -2.06. The third kappa shape index (κ3) is 4.55. The van der Waals surface area contributed by atoms with E-state index in [1.807, 2.05) is 53.9 Å². The minimum Gasteiger partial charge on any atom is -0.301 e. The van der Waals surface area contributed by atoms with Crippen LogP contribution in [0.3, 0.4) is 0 Å². The minimum absolute atomic E-state index is 0.126. The third-order valence-electron chi connectivity index (χ3n) is 4.29. The molecule has 146 valence electrons. The molecule has 29 heavy (non-hydrogen) atoms. The van der Waals surface area contributed by atoms with Crippen molar-refractivity contribution in [1.29, 1.82) is 0 Å². The van der Waals surface area contributed by atoms with Crippen LogP contribution in [0, 0.1) is 0 Å². The normalized spacial score (nSPS) is 11.5. The standard InChI is InChI=1S/C21H15BrN2O3S2/c22-17-8-5-15(6-9-17)19-12-28-21(23-19)24-20(25)13-29(26,27)18-10-7-14-3-1-2-4-16(14)11-18/h1-12H,13H2,(H,23,24,25). The van der Waals surface area contributed by atoms with Gasteiger partial charge in [0.15, 0.2) is 15.0 Å². The molecule has 1 heterocycles. The average Bonchev–Trinajstić information content (AvgIpc) is 3.16. The number of fused-ring (bicyclic) bond motifs is 1. The molecule has 0 saturated carbocycles. The Morgan fingerprint density at radius 2 is 1.72 bits per heavy atom. The van der Waals surface area contributed by atoms with E-state index in [9.17, 15) is 13.2 Å². The van der Waals surface area contributed by atoms with Gasteiger partial charge in [-0.3, -0.25) is 4.79 Å². The zero-order valence-corrected chi connectivity index (χ0v) is 18.2. The first kappa shape index (κ1) is 19.8. The highest BCUT2D eigenvalue weighted by atomic mass is 79.9. The molecule has 8 heteroatoms. The molecule has 1 amide bonds. The van der Waals surface area contributed by atoms with Crippen LogP contribution in [0.25, 0.3) is 22.0 Å². The number of benzene rings is 3. The molecule has 0 aliphatic carbocycles. The number of halogens is 1. The van der Waals surface area contributed by atoms with E-state index in [2.05, 4.69) is 26.2 Å². The predicted molar refractivity (Wildman–Crippen MR) is 120 cm³/mol. The monoisotopic (exact) mass is 486 g/mol. The van der Waals surface area contributed by atoms with Crippen molar-refractivity contribution in [3.05, 3.63) is 76.6 Å². The molecule has 1 N–H and O–H groups in total. The summed E-state index contributed by atoms with van der Waals surface area (Å²) in [5.41, 5.74) is 1.63. The Morgan fingerprint density at radius 3 is 2.48 bits per heavy atom. The Hall–Kier alpha value is -2.55. The van der Waals surface area contributed by atoms with Gasteiger partial charge >= 0.3 is 0 Å².